The summed E-state index contributed by atoms with van der Waals surface area (Å²) in [7, 11) is 3.46. The Morgan fingerprint density at radius 1 is 1.25 bits per heavy atom. The van der Waals surface area contributed by atoms with Gasteiger partial charge in [0.05, 0.1) is 30.3 Å². The van der Waals surface area contributed by atoms with E-state index in [1.54, 1.807) is 25.2 Å². The summed E-state index contributed by atoms with van der Waals surface area (Å²) in [6.45, 7) is 1.94. The molecule has 2 aliphatic heterocycles. The summed E-state index contributed by atoms with van der Waals surface area (Å²) in [5, 5.41) is 4.52. The first-order chi connectivity index (χ1) is 15.3. The molecule has 0 bridgehead atoms. The smallest absolute Gasteiger partial charge is 0.255 e. The summed E-state index contributed by atoms with van der Waals surface area (Å²) >= 11 is 0. The van der Waals surface area contributed by atoms with Crippen LogP contribution in [0.5, 0.6) is 0 Å². The first-order valence-electron chi connectivity index (χ1n) is 11.1. The lowest BCUT2D eigenvalue weighted by Crippen LogP contribution is -2.48. The number of aromatic nitrogens is 1. The van der Waals surface area contributed by atoms with Crippen molar-refractivity contribution in [2.45, 2.75) is 37.6 Å². The first-order valence-corrected chi connectivity index (χ1v) is 11.1. The molecular weight excluding hydrogens is 411 g/mol. The predicted molar refractivity (Wildman–Crippen MR) is 122 cm³/mol. The van der Waals surface area contributed by atoms with Gasteiger partial charge in [0.2, 0.25) is 5.91 Å². The Labute approximate surface area is 187 Å². The number of fused-ring (bicyclic) bond motifs is 1. The fraction of sp³-hybridized carbons (Fsp3) is 0.522. The maximum absolute atomic E-state index is 13.5. The Balaban J connectivity index is 1.38. The number of nitrogens with two attached hydrogens (primary N) is 1. The molecule has 9 heteroatoms. The van der Waals surface area contributed by atoms with Crippen molar-refractivity contribution in [2.24, 2.45) is 5.73 Å². The van der Waals surface area contributed by atoms with Crippen LogP contribution < -0.4 is 11.1 Å². The Bertz CT molecular complexity index is 992. The number of carbonyl (C=O) groups excluding carboxylic acids is 2. The minimum Gasteiger partial charge on any atom is -0.382 e. The van der Waals surface area contributed by atoms with E-state index in [4.69, 9.17) is 5.73 Å². The zero-order valence-corrected chi connectivity index (χ0v) is 18.6. The second-order valence-electron chi connectivity index (χ2n) is 8.90. The molecule has 2 atom stereocenters. The number of amides is 2. The average molecular weight is 443 g/mol. The molecule has 172 valence electrons. The van der Waals surface area contributed by atoms with Gasteiger partial charge in [0.25, 0.3) is 5.91 Å². The van der Waals surface area contributed by atoms with E-state index >= 15 is 0 Å². The van der Waals surface area contributed by atoms with Crippen LogP contribution in [-0.4, -0.2) is 90.2 Å². The number of hydrogen-bond donors (Lipinski definition) is 2. The van der Waals surface area contributed by atoms with Gasteiger partial charge in [-0.3, -0.25) is 19.5 Å². The molecular formula is C23H31FN6O2. The van der Waals surface area contributed by atoms with Crippen molar-refractivity contribution in [2.75, 3.05) is 45.6 Å². The highest BCUT2D eigenvalue weighted by atomic mass is 19.1. The monoisotopic (exact) mass is 442 g/mol. The summed E-state index contributed by atoms with van der Waals surface area (Å²) < 4.78 is 13.5. The quantitative estimate of drug-likeness (QED) is 0.732. The van der Waals surface area contributed by atoms with E-state index in [1.807, 2.05) is 24.3 Å². The van der Waals surface area contributed by atoms with E-state index < -0.39 is 12.3 Å². The highest BCUT2D eigenvalue weighted by molar-refractivity contribution is 6.08. The molecule has 2 amide bonds. The molecule has 32 heavy (non-hydrogen) atoms. The summed E-state index contributed by atoms with van der Waals surface area (Å²) in [6, 6.07) is 7.87. The molecule has 2 saturated heterocycles. The highest BCUT2D eigenvalue weighted by Crippen LogP contribution is 2.28. The normalized spacial score (nSPS) is 22.3. The lowest BCUT2D eigenvalue weighted by molar-refractivity contribution is -0.133. The van der Waals surface area contributed by atoms with Gasteiger partial charge >= 0.3 is 0 Å². The van der Waals surface area contributed by atoms with Crippen LogP contribution in [0.2, 0.25) is 0 Å². The molecule has 2 aromatic rings. The van der Waals surface area contributed by atoms with E-state index in [9.17, 15) is 14.0 Å². The number of benzene rings is 1. The van der Waals surface area contributed by atoms with Gasteiger partial charge in [-0.05, 0) is 37.1 Å². The van der Waals surface area contributed by atoms with E-state index in [0.29, 0.717) is 11.1 Å². The number of nitrogens with one attached hydrogen (secondary N) is 1. The molecule has 1 aromatic heterocycles. The Morgan fingerprint density at radius 3 is 2.66 bits per heavy atom. The van der Waals surface area contributed by atoms with E-state index in [1.165, 1.54) is 4.90 Å². The molecule has 2 fully saturated rings. The molecule has 2 aliphatic rings. The van der Waals surface area contributed by atoms with Crippen molar-refractivity contribution >= 4 is 28.4 Å². The van der Waals surface area contributed by atoms with Gasteiger partial charge in [-0.25, -0.2) is 4.39 Å². The molecule has 3 heterocycles. The third kappa shape index (κ3) is 4.68. The Kier molecular flexibility index (Phi) is 6.57. The Hall–Kier alpha value is -2.78. The first kappa shape index (κ1) is 22.4. The van der Waals surface area contributed by atoms with Crippen LogP contribution >= 0.6 is 0 Å². The van der Waals surface area contributed by atoms with Crippen LogP contribution in [0.4, 0.5) is 10.1 Å². The lowest BCUT2D eigenvalue weighted by atomic mass is 10.0. The van der Waals surface area contributed by atoms with Crippen molar-refractivity contribution < 1.29 is 14.0 Å². The van der Waals surface area contributed by atoms with Gasteiger partial charge in [-0.1, -0.05) is 0 Å². The minimum atomic E-state index is -1.02. The maximum Gasteiger partial charge on any atom is 0.255 e. The number of anilines is 1. The number of rotatable bonds is 5. The van der Waals surface area contributed by atoms with Gasteiger partial charge in [0, 0.05) is 56.9 Å². The Morgan fingerprint density at radius 2 is 2.00 bits per heavy atom. The molecule has 0 saturated carbocycles. The number of hydrogen-bond acceptors (Lipinski definition) is 6. The highest BCUT2D eigenvalue weighted by Gasteiger charge is 2.34. The number of carbonyl (C=O) groups is 2. The number of likely N-dealkylation sites (tertiary alicyclic amines) is 2. The van der Waals surface area contributed by atoms with E-state index in [0.717, 1.165) is 37.0 Å². The van der Waals surface area contributed by atoms with Crippen LogP contribution in [0.15, 0.2) is 30.5 Å². The number of alkyl halides is 1. The molecule has 0 unspecified atom stereocenters. The average Bonchev–Trinajstić information content (AvgIpc) is 3.12. The molecule has 4 rings (SSSR count). The summed E-state index contributed by atoms with van der Waals surface area (Å²) in [5.41, 5.74) is 8.11. The van der Waals surface area contributed by atoms with Gasteiger partial charge in [0.1, 0.15) is 6.17 Å². The van der Waals surface area contributed by atoms with Gasteiger partial charge in [-0.15, -0.1) is 0 Å². The molecule has 0 spiro atoms. The zero-order chi connectivity index (χ0) is 22.8. The lowest BCUT2D eigenvalue weighted by Gasteiger charge is -2.34. The number of piperidine rings is 1. The second-order valence-corrected chi connectivity index (χ2v) is 8.90. The molecule has 1 aromatic carbocycles. The second kappa shape index (κ2) is 9.38. The predicted octanol–water partition coefficient (Wildman–Crippen LogP) is 1.67. The maximum atomic E-state index is 13.5. The number of halogens is 1. The van der Waals surface area contributed by atoms with Crippen LogP contribution in [0, 0.1) is 0 Å². The van der Waals surface area contributed by atoms with Crippen LogP contribution in [0.25, 0.3) is 10.9 Å². The van der Waals surface area contributed by atoms with Crippen molar-refractivity contribution in [3.05, 3.63) is 36.0 Å². The van der Waals surface area contributed by atoms with Crippen LogP contribution in [-0.2, 0) is 4.79 Å². The van der Waals surface area contributed by atoms with Crippen molar-refractivity contribution in [1.82, 2.24) is 19.7 Å². The molecule has 8 nitrogen and oxygen atoms in total. The minimum absolute atomic E-state index is 0.0740. The van der Waals surface area contributed by atoms with Crippen molar-refractivity contribution in [3.8, 4) is 0 Å². The number of nitrogens with zero attached hydrogens (tertiary/aromatic N) is 4. The zero-order valence-electron chi connectivity index (χ0n) is 18.6. The van der Waals surface area contributed by atoms with Gasteiger partial charge in [0.15, 0.2) is 0 Å². The number of pyridine rings is 1. The fourth-order valence-electron chi connectivity index (χ4n) is 4.55. The summed E-state index contributed by atoms with van der Waals surface area (Å²) in [6.07, 6.45) is 2.15. The third-order valence-corrected chi connectivity index (χ3v) is 6.33. The molecule has 0 aliphatic carbocycles. The van der Waals surface area contributed by atoms with Gasteiger partial charge in [-0.2, -0.15) is 0 Å². The van der Waals surface area contributed by atoms with E-state index in [2.05, 4.69) is 15.2 Å². The largest absolute Gasteiger partial charge is 0.382 e. The van der Waals surface area contributed by atoms with Crippen LogP contribution in [0.3, 0.4) is 0 Å². The van der Waals surface area contributed by atoms with Crippen molar-refractivity contribution in [1.29, 1.82) is 0 Å². The standard InChI is InChI=1S/C23H31FN6O2/c1-28(2)23(32)18-5-6-19(17-4-3-9-26-22(17)18)27-16-7-10-29(11-8-16)14-21(31)30-13-15(24)12-20(30)25/h3-6,9,15-16,20,27H,7-8,10-14,25H2,1-2H3/t15-,20-/m0/s1. The third-order valence-electron chi connectivity index (χ3n) is 6.33. The van der Waals surface area contributed by atoms with E-state index in [-0.39, 0.29) is 37.4 Å². The van der Waals surface area contributed by atoms with Crippen molar-refractivity contribution in [3.63, 3.8) is 0 Å². The summed E-state index contributed by atoms with van der Waals surface area (Å²) in [4.78, 5) is 34.6. The SMILES string of the molecule is CN(C)C(=O)c1ccc(NC2CCN(CC(=O)N3C[C@@H](F)C[C@H]3N)CC2)c2cccnc12. The van der Waals surface area contributed by atoms with Crippen LogP contribution in [0.1, 0.15) is 29.6 Å². The molecule has 0 radical (unpaired) electrons. The molecule has 3 N–H and O–H groups in total. The fourth-order valence-corrected chi connectivity index (χ4v) is 4.55. The summed E-state index contributed by atoms with van der Waals surface area (Å²) in [5.74, 6) is -0.169. The topological polar surface area (TPSA) is 94.8 Å². The van der Waals surface area contributed by atoms with Gasteiger partial charge < -0.3 is 20.9 Å².